The van der Waals surface area contributed by atoms with Gasteiger partial charge in [0.2, 0.25) is 5.91 Å². The van der Waals surface area contributed by atoms with Crippen LogP contribution in [0.4, 0.5) is 5.69 Å². The van der Waals surface area contributed by atoms with Gasteiger partial charge in [-0.15, -0.1) is 16.4 Å². The van der Waals surface area contributed by atoms with Crippen LogP contribution in [0.3, 0.4) is 0 Å². The Hall–Kier alpha value is -2.74. The minimum absolute atomic E-state index is 0.178. The van der Waals surface area contributed by atoms with Gasteiger partial charge in [0.05, 0.1) is 12.5 Å². The average Bonchev–Trinajstić information content (AvgIpc) is 3.08. The van der Waals surface area contributed by atoms with Crippen LogP contribution in [0.2, 0.25) is 0 Å². The van der Waals surface area contributed by atoms with E-state index in [0.29, 0.717) is 27.6 Å². The van der Waals surface area contributed by atoms with Gasteiger partial charge in [-0.05, 0) is 60.4 Å². The lowest BCUT2D eigenvalue weighted by Gasteiger charge is -2.33. The smallest absolute Gasteiger partial charge is 0.279 e. The Kier molecular flexibility index (Phi) is 5.36. The van der Waals surface area contributed by atoms with Crippen molar-refractivity contribution >= 4 is 33.1 Å². The normalized spacial score (nSPS) is 16.3. The molecular weight excluding hydrogens is 400 g/mol. The summed E-state index contributed by atoms with van der Waals surface area (Å²) in [6.45, 7) is 6.63. The number of fused-ring (bicyclic) bond motifs is 3. The Bertz CT molecular complexity index is 1140. The monoisotopic (exact) mass is 426 g/mol. The summed E-state index contributed by atoms with van der Waals surface area (Å²) in [5.74, 6) is 0.966. The summed E-state index contributed by atoms with van der Waals surface area (Å²) in [5.41, 5.74) is 1.72. The molecule has 7 nitrogen and oxygen atoms in total. The van der Waals surface area contributed by atoms with E-state index >= 15 is 0 Å². The van der Waals surface area contributed by atoms with Crippen molar-refractivity contribution in [2.45, 2.75) is 46.6 Å². The largest absolute Gasteiger partial charge is 0.497 e. The van der Waals surface area contributed by atoms with Crippen molar-refractivity contribution in [3.8, 4) is 5.75 Å². The Morgan fingerprint density at radius 3 is 2.70 bits per heavy atom. The minimum Gasteiger partial charge on any atom is -0.497 e. The SMILES string of the molecule is COc1ccc(NC(=O)Cn2nnc3sc4c(c3c2=O)CCC(C(C)(C)C)C4)cc1. The number of carbonyl (C=O) groups excluding carboxylic acids is 1. The van der Waals surface area contributed by atoms with Crippen molar-refractivity contribution in [1.82, 2.24) is 15.0 Å². The molecule has 1 aliphatic carbocycles. The molecule has 2 aromatic heterocycles. The molecule has 30 heavy (non-hydrogen) atoms. The third-order valence-corrected chi connectivity index (χ3v) is 6.97. The molecule has 0 bridgehead atoms. The van der Waals surface area contributed by atoms with Crippen LogP contribution < -0.4 is 15.6 Å². The van der Waals surface area contributed by atoms with E-state index in [0.717, 1.165) is 29.5 Å². The maximum atomic E-state index is 13.1. The fraction of sp³-hybridized carbons (Fsp3) is 0.455. The van der Waals surface area contributed by atoms with Gasteiger partial charge >= 0.3 is 0 Å². The zero-order chi connectivity index (χ0) is 21.5. The number of anilines is 1. The number of thiophene rings is 1. The number of aryl methyl sites for hydroxylation is 1. The summed E-state index contributed by atoms with van der Waals surface area (Å²) in [4.78, 5) is 27.4. The van der Waals surface area contributed by atoms with E-state index in [4.69, 9.17) is 4.74 Å². The molecule has 1 unspecified atom stereocenters. The molecule has 1 amide bonds. The van der Waals surface area contributed by atoms with Gasteiger partial charge in [-0.25, -0.2) is 4.68 Å². The van der Waals surface area contributed by atoms with Crippen LogP contribution >= 0.6 is 11.3 Å². The molecule has 0 spiro atoms. The highest BCUT2D eigenvalue weighted by atomic mass is 32.1. The molecule has 2 heterocycles. The van der Waals surface area contributed by atoms with Gasteiger partial charge in [-0.2, -0.15) is 0 Å². The van der Waals surface area contributed by atoms with E-state index in [1.165, 1.54) is 4.88 Å². The van der Waals surface area contributed by atoms with Gasteiger partial charge < -0.3 is 10.1 Å². The van der Waals surface area contributed by atoms with Crippen molar-refractivity contribution in [3.63, 3.8) is 0 Å². The number of benzene rings is 1. The first-order valence-electron chi connectivity index (χ1n) is 10.1. The number of amides is 1. The van der Waals surface area contributed by atoms with Gasteiger partial charge in [0.1, 0.15) is 12.3 Å². The number of aromatic nitrogens is 3. The number of nitrogens with one attached hydrogen (secondary N) is 1. The summed E-state index contributed by atoms with van der Waals surface area (Å²) in [6, 6.07) is 7.01. The molecule has 4 rings (SSSR count). The third-order valence-electron chi connectivity index (χ3n) is 5.83. The van der Waals surface area contributed by atoms with Crippen LogP contribution in [0, 0.1) is 11.3 Å². The molecule has 8 heteroatoms. The molecule has 3 aromatic rings. The molecule has 158 valence electrons. The Balaban J connectivity index is 1.56. The molecule has 0 fully saturated rings. The molecule has 0 radical (unpaired) electrons. The number of methoxy groups -OCH3 is 1. The van der Waals surface area contributed by atoms with E-state index < -0.39 is 0 Å². The van der Waals surface area contributed by atoms with E-state index in [9.17, 15) is 9.59 Å². The fourth-order valence-corrected chi connectivity index (χ4v) is 5.22. The Morgan fingerprint density at radius 1 is 1.30 bits per heavy atom. The summed E-state index contributed by atoms with van der Waals surface area (Å²) in [7, 11) is 1.58. The summed E-state index contributed by atoms with van der Waals surface area (Å²) in [5, 5.41) is 11.7. The predicted octanol–water partition coefficient (Wildman–Crippen LogP) is 3.65. The summed E-state index contributed by atoms with van der Waals surface area (Å²) >= 11 is 1.57. The topological polar surface area (TPSA) is 86.1 Å². The van der Waals surface area contributed by atoms with Gasteiger partial charge in [0.15, 0.2) is 4.83 Å². The van der Waals surface area contributed by atoms with Crippen molar-refractivity contribution in [3.05, 3.63) is 45.1 Å². The van der Waals surface area contributed by atoms with E-state index in [-0.39, 0.29) is 23.4 Å². The number of rotatable bonds is 4. The molecule has 1 aliphatic rings. The lowest BCUT2D eigenvalue weighted by atomic mass is 9.72. The van der Waals surface area contributed by atoms with Crippen molar-refractivity contribution in [1.29, 1.82) is 0 Å². The highest BCUT2D eigenvalue weighted by Gasteiger charge is 2.32. The Labute approximate surface area is 179 Å². The maximum absolute atomic E-state index is 13.1. The van der Waals surface area contributed by atoms with Crippen LogP contribution in [0.5, 0.6) is 5.75 Å². The lowest BCUT2D eigenvalue weighted by Crippen LogP contribution is -2.31. The number of hydrogen-bond donors (Lipinski definition) is 1. The van der Waals surface area contributed by atoms with Crippen molar-refractivity contribution < 1.29 is 9.53 Å². The number of carbonyl (C=O) groups is 1. The van der Waals surface area contributed by atoms with Gasteiger partial charge in [0, 0.05) is 10.6 Å². The second-order valence-electron chi connectivity index (χ2n) is 8.82. The van der Waals surface area contributed by atoms with Crippen molar-refractivity contribution in [2.75, 3.05) is 12.4 Å². The predicted molar refractivity (Wildman–Crippen MR) is 118 cm³/mol. The highest BCUT2D eigenvalue weighted by Crippen LogP contribution is 2.41. The molecule has 0 saturated heterocycles. The second kappa shape index (κ2) is 7.83. The number of ether oxygens (including phenoxy) is 1. The van der Waals surface area contributed by atoms with Gasteiger partial charge in [-0.3, -0.25) is 9.59 Å². The molecule has 0 aliphatic heterocycles. The number of nitrogens with zero attached hydrogens (tertiary/aromatic N) is 3. The van der Waals surface area contributed by atoms with Crippen LogP contribution in [0.1, 0.15) is 37.6 Å². The molecule has 1 N–H and O–H groups in total. The zero-order valence-electron chi connectivity index (χ0n) is 17.7. The quantitative estimate of drug-likeness (QED) is 0.688. The first-order valence-corrected chi connectivity index (χ1v) is 10.9. The van der Waals surface area contributed by atoms with Crippen LogP contribution in [-0.2, 0) is 24.2 Å². The van der Waals surface area contributed by atoms with E-state index in [1.807, 2.05) is 0 Å². The first-order chi connectivity index (χ1) is 14.3. The third kappa shape index (κ3) is 3.96. The minimum atomic E-state index is -0.326. The van der Waals surface area contributed by atoms with Gasteiger partial charge in [-0.1, -0.05) is 26.0 Å². The molecule has 0 saturated carbocycles. The standard InChI is InChI=1S/C22H26N4O3S/c1-22(2,3)13-5-10-16-17(11-13)30-20-19(16)21(28)26(25-24-20)12-18(27)23-14-6-8-15(29-4)9-7-14/h6-9,13H,5,10-12H2,1-4H3,(H,23,27). The van der Waals surface area contributed by atoms with E-state index in [2.05, 4.69) is 36.4 Å². The summed E-state index contributed by atoms with van der Waals surface area (Å²) < 4.78 is 6.27. The van der Waals surface area contributed by atoms with Gasteiger partial charge in [0.25, 0.3) is 5.56 Å². The highest BCUT2D eigenvalue weighted by molar-refractivity contribution is 7.18. The van der Waals surface area contributed by atoms with Crippen molar-refractivity contribution in [2.24, 2.45) is 11.3 Å². The maximum Gasteiger partial charge on any atom is 0.279 e. The van der Waals surface area contributed by atoms with Crippen LogP contribution in [-0.4, -0.2) is 28.0 Å². The second-order valence-corrected chi connectivity index (χ2v) is 9.90. The summed E-state index contributed by atoms with van der Waals surface area (Å²) in [6.07, 6.45) is 2.90. The fourth-order valence-electron chi connectivity index (χ4n) is 3.98. The lowest BCUT2D eigenvalue weighted by molar-refractivity contribution is -0.117. The van der Waals surface area contributed by atoms with E-state index in [1.54, 1.807) is 42.7 Å². The average molecular weight is 427 g/mol. The molecule has 1 aromatic carbocycles. The van der Waals surface area contributed by atoms with Crippen LogP contribution in [0.25, 0.3) is 10.2 Å². The van der Waals surface area contributed by atoms with Crippen LogP contribution in [0.15, 0.2) is 29.1 Å². The molecule has 1 atom stereocenters. The Morgan fingerprint density at radius 2 is 2.03 bits per heavy atom. The first kappa shape index (κ1) is 20.5. The zero-order valence-corrected chi connectivity index (χ0v) is 18.5. The molecular formula is C22H26N4O3S. The number of hydrogen-bond acceptors (Lipinski definition) is 6.